The second-order valence-electron chi connectivity index (χ2n) is 14.7. The maximum absolute atomic E-state index is 5.47. The van der Waals surface area contributed by atoms with E-state index in [1.165, 1.54) is 0 Å². The predicted molar refractivity (Wildman–Crippen MR) is 227 cm³/mol. The lowest BCUT2D eigenvalue weighted by molar-refractivity contribution is 1.15. The van der Waals surface area contributed by atoms with E-state index in [4.69, 9.17) is 30.0 Å². The Bertz CT molecular complexity index is 3730. The molecule has 0 spiro atoms. The second-order valence-corrected chi connectivity index (χ2v) is 14.7. The summed E-state index contributed by atoms with van der Waals surface area (Å²) in [4.78, 5) is 35.9. The average Bonchev–Trinajstić information content (AvgIpc) is 3.99. The molecule has 7 nitrogen and oxygen atoms in total. The molecule has 0 saturated heterocycles. The van der Waals surface area contributed by atoms with Crippen LogP contribution in [0.25, 0.3) is 65.3 Å². The molecule has 8 aromatic carbocycles. The topological polar surface area (TPSA) is 89.9 Å². The number of rotatable bonds is 0. The molecule has 8 bridgehead atoms. The molecule has 4 heterocycles. The van der Waals surface area contributed by atoms with Gasteiger partial charge in [0.25, 0.3) is 0 Å². The fourth-order valence-electron chi connectivity index (χ4n) is 9.13. The van der Waals surface area contributed by atoms with Crippen molar-refractivity contribution < 1.29 is 0 Å². The van der Waals surface area contributed by atoms with Crippen molar-refractivity contribution >= 4 is 88.6 Å². The molecule has 1 aromatic heterocycles. The molecule has 0 atom stereocenters. The minimum absolute atomic E-state index is 0.525. The highest BCUT2D eigenvalue weighted by Gasteiger charge is 2.29. The van der Waals surface area contributed by atoms with E-state index in [2.05, 4.69) is 151 Å². The highest BCUT2D eigenvalue weighted by atomic mass is 15.1. The van der Waals surface area contributed by atoms with Crippen LogP contribution < -0.4 is 21.4 Å². The van der Waals surface area contributed by atoms with Crippen molar-refractivity contribution in [2.45, 2.75) is 6.42 Å². The van der Waals surface area contributed by atoms with Crippen molar-refractivity contribution in [1.82, 2.24) is 4.98 Å². The molecule has 13 rings (SSSR count). The maximum atomic E-state index is 5.47. The van der Waals surface area contributed by atoms with E-state index in [-0.39, 0.29) is 0 Å². The maximum Gasteiger partial charge on any atom is 0.165 e. The second kappa shape index (κ2) is 11.0. The van der Waals surface area contributed by atoms with Gasteiger partial charge in [-0.3, -0.25) is 0 Å². The Morgan fingerprint density at radius 1 is 0.357 bits per heavy atom. The van der Waals surface area contributed by atoms with E-state index in [0.29, 0.717) is 40.7 Å². The van der Waals surface area contributed by atoms with Gasteiger partial charge >= 0.3 is 0 Å². The fourth-order valence-corrected chi connectivity index (χ4v) is 9.13. The highest BCUT2D eigenvalue weighted by Crippen LogP contribution is 2.34. The van der Waals surface area contributed by atoms with Gasteiger partial charge in [-0.15, -0.1) is 0 Å². The number of hydrogen-bond donors (Lipinski definition) is 1. The lowest BCUT2D eigenvalue weighted by Gasteiger charge is -2.07. The number of hydrogen-bond acceptors (Lipinski definition) is 6. The molecule has 1 aliphatic carbocycles. The van der Waals surface area contributed by atoms with Crippen LogP contribution in [-0.2, 0) is 0 Å². The third-order valence-electron chi connectivity index (χ3n) is 11.6. The Balaban J connectivity index is 1.22. The van der Waals surface area contributed by atoms with Gasteiger partial charge in [-0.1, -0.05) is 127 Å². The molecule has 7 heteroatoms. The summed E-state index contributed by atoms with van der Waals surface area (Å²) in [5.74, 6) is 2.51. The summed E-state index contributed by atoms with van der Waals surface area (Å²) in [6, 6.07) is 51.0. The van der Waals surface area contributed by atoms with Gasteiger partial charge < -0.3 is 4.98 Å². The van der Waals surface area contributed by atoms with Crippen molar-refractivity contribution in [1.29, 1.82) is 0 Å². The Morgan fingerprint density at radius 2 is 0.857 bits per heavy atom. The zero-order valence-electron chi connectivity index (χ0n) is 29.7. The molecule has 56 heavy (non-hydrogen) atoms. The summed E-state index contributed by atoms with van der Waals surface area (Å²) < 4.78 is 0. The SMILES string of the molecule is c1ccc2c3c(ccc2c1)C1=NC2=c4c(ccc5ccccc45)=C(C2)N=C2N=C(N=c4[nH]c(c5ccc6ccccc6c45)=NC3=N1)c1ccc3ccccc3c12. The van der Waals surface area contributed by atoms with Crippen LogP contribution in [0.4, 0.5) is 0 Å². The average molecular weight is 714 g/mol. The van der Waals surface area contributed by atoms with Gasteiger partial charge in [0.15, 0.2) is 23.3 Å². The third-order valence-corrected chi connectivity index (χ3v) is 11.6. The number of nitrogens with zero attached hydrogens (tertiary/aromatic N) is 6. The van der Waals surface area contributed by atoms with Crippen LogP contribution in [0.3, 0.4) is 0 Å². The summed E-state index contributed by atoms with van der Waals surface area (Å²) in [7, 11) is 0. The number of aliphatic imine (C=N–C) groups is 4. The molecular formula is C49H27N7. The van der Waals surface area contributed by atoms with Crippen molar-refractivity contribution in [2.24, 2.45) is 30.0 Å². The number of aromatic amines is 1. The van der Waals surface area contributed by atoms with Gasteiger partial charge in [0, 0.05) is 49.9 Å². The van der Waals surface area contributed by atoms with Gasteiger partial charge in [0.05, 0.1) is 11.4 Å². The molecule has 4 aliphatic rings. The first-order chi connectivity index (χ1) is 27.7. The van der Waals surface area contributed by atoms with Crippen LogP contribution in [0.1, 0.15) is 28.7 Å². The lowest BCUT2D eigenvalue weighted by Crippen LogP contribution is -2.25. The van der Waals surface area contributed by atoms with Crippen LogP contribution in [0.5, 0.6) is 0 Å². The van der Waals surface area contributed by atoms with Crippen molar-refractivity contribution in [3.05, 3.63) is 189 Å². The van der Waals surface area contributed by atoms with Crippen LogP contribution >= 0.6 is 0 Å². The van der Waals surface area contributed by atoms with Gasteiger partial charge in [-0.05, 0) is 61.3 Å². The molecule has 1 N–H and O–H groups in total. The highest BCUT2D eigenvalue weighted by molar-refractivity contribution is 6.29. The largest absolute Gasteiger partial charge is 0.324 e. The molecule has 0 unspecified atom stereocenters. The summed E-state index contributed by atoms with van der Waals surface area (Å²) in [5.41, 5.74) is 7.06. The van der Waals surface area contributed by atoms with E-state index >= 15 is 0 Å². The van der Waals surface area contributed by atoms with E-state index in [0.717, 1.165) is 97.9 Å². The number of H-pyrrole nitrogens is 1. The summed E-state index contributed by atoms with van der Waals surface area (Å²) in [5, 5.41) is 13.0. The third kappa shape index (κ3) is 4.11. The van der Waals surface area contributed by atoms with E-state index in [1.807, 2.05) is 0 Å². The van der Waals surface area contributed by atoms with Crippen LogP contribution in [-0.4, -0.2) is 28.3 Å². The predicted octanol–water partition coefficient (Wildman–Crippen LogP) is 7.77. The normalized spacial score (nSPS) is 15.4. The first-order valence-corrected chi connectivity index (χ1v) is 18.8. The van der Waals surface area contributed by atoms with Crippen LogP contribution in [0.2, 0.25) is 0 Å². The summed E-state index contributed by atoms with van der Waals surface area (Å²) in [6.07, 6.45) is 0.525. The van der Waals surface area contributed by atoms with Gasteiger partial charge in [-0.2, -0.15) is 0 Å². The molecule has 0 saturated carbocycles. The van der Waals surface area contributed by atoms with Gasteiger partial charge in [0.2, 0.25) is 0 Å². The number of nitrogens with one attached hydrogen (secondary N) is 1. The van der Waals surface area contributed by atoms with Gasteiger partial charge in [-0.25, -0.2) is 30.0 Å². The summed E-state index contributed by atoms with van der Waals surface area (Å²) >= 11 is 0. The van der Waals surface area contributed by atoms with Crippen LogP contribution in [0, 0.1) is 0 Å². The minimum Gasteiger partial charge on any atom is -0.324 e. The standard InChI is InChI=1S/C49H27N7/c1-5-13-30-26(9-1)17-21-34-38-25-39(40(30)34)51-44-35-22-18-28-11-3-7-15-32(28)42(35)48(52-44)55-46-37-24-20-29-12-4-8-16-33(29)43(37)49(56-46)54-45-36-23-19-27-10-2-6-14-31(27)41(36)47(50-38)53-45/h1-24H,25H2,(H,50,51,52,53,54,55,56). The van der Waals surface area contributed by atoms with Crippen molar-refractivity contribution in [3.8, 4) is 0 Å². The Hall–Kier alpha value is -7.64. The monoisotopic (exact) mass is 713 g/mol. The van der Waals surface area contributed by atoms with E-state index in [9.17, 15) is 0 Å². The fraction of sp³-hybridized carbons (Fsp3) is 0.0204. The first kappa shape index (κ1) is 29.8. The van der Waals surface area contributed by atoms with Crippen molar-refractivity contribution in [3.63, 3.8) is 0 Å². The van der Waals surface area contributed by atoms with E-state index in [1.54, 1.807) is 0 Å². The molecule has 0 fully saturated rings. The minimum atomic E-state index is 0.525. The lowest BCUT2D eigenvalue weighted by atomic mass is 9.99. The number of amidine groups is 4. The first-order valence-electron chi connectivity index (χ1n) is 18.8. The number of fused-ring (bicyclic) bond motifs is 24. The molecular weight excluding hydrogens is 687 g/mol. The molecule has 258 valence electrons. The number of aromatic nitrogens is 1. The molecule has 0 radical (unpaired) electrons. The summed E-state index contributed by atoms with van der Waals surface area (Å²) in [6.45, 7) is 0. The molecule has 0 amide bonds. The molecule has 3 aliphatic heterocycles. The molecule has 9 aromatic rings. The van der Waals surface area contributed by atoms with Gasteiger partial charge in [0.1, 0.15) is 11.0 Å². The number of benzene rings is 8. The Morgan fingerprint density at radius 3 is 1.57 bits per heavy atom. The Kier molecular flexibility index (Phi) is 5.83. The zero-order valence-corrected chi connectivity index (χ0v) is 29.7. The zero-order chi connectivity index (χ0) is 36.5. The Labute approximate surface area is 318 Å². The quantitative estimate of drug-likeness (QED) is 0.167. The van der Waals surface area contributed by atoms with Crippen LogP contribution in [0.15, 0.2) is 176 Å². The van der Waals surface area contributed by atoms with E-state index < -0.39 is 0 Å². The van der Waals surface area contributed by atoms with Crippen molar-refractivity contribution in [2.75, 3.05) is 0 Å². The smallest absolute Gasteiger partial charge is 0.165 e.